The molecule has 2 aromatic rings. The summed E-state index contributed by atoms with van der Waals surface area (Å²) in [6.45, 7) is 0. The van der Waals surface area contributed by atoms with Gasteiger partial charge in [0.05, 0.1) is 11.6 Å². The Bertz CT molecular complexity index is 619. The molecule has 0 radical (unpaired) electrons. The van der Waals surface area contributed by atoms with E-state index in [1.807, 2.05) is 30.3 Å². The number of benzene rings is 2. The highest BCUT2D eigenvalue weighted by atomic mass is 19.4. The standard InChI is InChI=1S/C16H12F3N/c17-16(18,19)14-9-6-12(7-10-14)8-11-15(20)13-4-2-1-3-5-13/h1-7,9-10,15H,20H2. The van der Waals surface area contributed by atoms with Crippen molar-refractivity contribution >= 4 is 0 Å². The number of alkyl halides is 3. The van der Waals surface area contributed by atoms with Gasteiger partial charge in [-0.25, -0.2) is 0 Å². The quantitative estimate of drug-likeness (QED) is 0.788. The Morgan fingerprint density at radius 1 is 0.900 bits per heavy atom. The first-order valence-corrected chi connectivity index (χ1v) is 5.96. The minimum atomic E-state index is -4.33. The minimum absolute atomic E-state index is 0.460. The Balaban J connectivity index is 2.13. The maximum atomic E-state index is 12.4. The molecule has 0 aliphatic carbocycles. The Morgan fingerprint density at radius 2 is 1.50 bits per heavy atom. The van der Waals surface area contributed by atoms with E-state index >= 15 is 0 Å². The SMILES string of the molecule is NC(C#Cc1ccc(C(F)(F)F)cc1)c1ccccc1. The first-order chi connectivity index (χ1) is 9.47. The zero-order chi connectivity index (χ0) is 14.6. The molecule has 0 aliphatic rings. The van der Waals surface area contributed by atoms with Gasteiger partial charge in [-0.05, 0) is 29.8 Å². The Kier molecular flexibility index (Phi) is 4.11. The van der Waals surface area contributed by atoms with Crippen LogP contribution in [-0.4, -0.2) is 0 Å². The minimum Gasteiger partial charge on any atom is -0.314 e. The van der Waals surface area contributed by atoms with Crippen LogP contribution in [0.2, 0.25) is 0 Å². The van der Waals surface area contributed by atoms with E-state index in [0.29, 0.717) is 5.56 Å². The van der Waals surface area contributed by atoms with Crippen molar-refractivity contribution in [3.63, 3.8) is 0 Å². The van der Waals surface area contributed by atoms with E-state index < -0.39 is 17.8 Å². The summed E-state index contributed by atoms with van der Waals surface area (Å²) in [5.74, 6) is 5.60. The number of hydrogen-bond acceptors (Lipinski definition) is 1. The van der Waals surface area contributed by atoms with E-state index in [0.717, 1.165) is 17.7 Å². The molecule has 0 bridgehead atoms. The predicted octanol–water partition coefficient (Wildman–Crippen LogP) is 3.76. The predicted molar refractivity (Wildman–Crippen MR) is 71.7 cm³/mol. The fourth-order valence-corrected chi connectivity index (χ4v) is 1.65. The number of hydrogen-bond donors (Lipinski definition) is 1. The number of nitrogens with two attached hydrogens (primary N) is 1. The number of halogens is 3. The second kappa shape index (κ2) is 5.81. The van der Waals surface area contributed by atoms with Crippen molar-refractivity contribution in [2.75, 3.05) is 0 Å². The summed E-state index contributed by atoms with van der Waals surface area (Å²) in [7, 11) is 0. The molecule has 2 aromatic carbocycles. The van der Waals surface area contributed by atoms with Crippen LogP contribution in [0.3, 0.4) is 0 Å². The van der Waals surface area contributed by atoms with Crippen molar-refractivity contribution in [2.24, 2.45) is 5.73 Å². The van der Waals surface area contributed by atoms with Crippen LogP contribution >= 0.6 is 0 Å². The van der Waals surface area contributed by atoms with Crippen molar-refractivity contribution in [3.05, 3.63) is 71.3 Å². The zero-order valence-corrected chi connectivity index (χ0v) is 10.5. The summed E-state index contributed by atoms with van der Waals surface area (Å²) in [6, 6.07) is 13.5. The van der Waals surface area contributed by atoms with Crippen LogP contribution in [0.15, 0.2) is 54.6 Å². The van der Waals surface area contributed by atoms with Gasteiger partial charge < -0.3 is 5.73 Å². The summed E-state index contributed by atoms with van der Waals surface area (Å²) < 4.78 is 37.2. The van der Waals surface area contributed by atoms with E-state index in [-0.39, 0.29) is 0 Å². The van der Waals surface area contributed by atoms with Crippen LogP contribution in [-0.2, 0) is 6.18 Å². The molecule has 1 atom stereocenters. The van der Waals surface area contributed by atoms with E-state index in [9.17, 15) is 13.2 Å². The number of rotatable bonds is 1. The topological polar surface area (TPSA) is 26.0 Å². The molecule has 0 spiro atoms. The average Bonchev–Trinajstić information content (AvgIpc) is 2.45. The largest absolute Gasteiger partial charge is 0.416 e. The van der Waals surface area contributed by atoms with Gasteiger partial charge in [-0.2, -0.15) is 13.2 Å². The Morgan fingerprint density at radius 3 is 2.05 bits per heavy atom. The maximum absolute atomic E-state index is 12.4. The van der Waals surface area contributed by atoms with Crippen LogP contribution in [0.25, 0.3) is 0 Å². The van der Waals surface area contributed by atoms with Gasteiger partial charge in [-0.15, -0.1) is 0 Å². The molecular formula is C16H12F3N. The normalized spacial score (nSPS) is 12.4. The van der Waals surface area contributed by atoms with Gasteiger partial charge in [-0.1, -0.05) is 42.2 Å². The molecule has 4 heteroatoms. The second-order valence-corrected chi connectivity index (χ2v) is 4.23. The highest BCUT2D eigenvalue weighted by molar-refractivity contribution is 5.39. The van der Waals surface area contributed by atoms with Crippen LogP contribution in [0.4, 0.5) is 13.2 Å². The van der Waals surface area contributed by atoms with Crippen molar-refractivity contribution in [1.82, 2.24) is 0 Å². The third kappa shape index (κ3) is 3.62. The molecule has 102 valence electrons. The molecule has 1 nitrogen and oxygen atoms in total. The molecular weight excluding hydrogens is 263 g/mol. The Hall–Kier alpha value is -2.25. The molecule has 0 amide bonds. The third-order valence-electron chi connectivity index (χ3n) is 2.74. The van der Waals surface area contributed by atoms with E-state index in [1.54, 1.807) is 0 Å². The molecule has 0 aromatic heterocycles. The lowest BCUT2D eigenvalue weighted by atomic mass is 10.1. The molecule has 0 saturated heterocycles. The third-order valence-corrected chi connectivity index (χ3v) is 2.74. The lowest BCUT2D eigenvalue weighted by molar-refractivity contribution is -0.137. The molecule has 1 unspecified atom stereocenters. The van der Waals surface area contributed by atoms with E-state index in [2.05, 4.69) is 11.8 Å². The molecule has 20 heavy (non-hydrogen) atoms. The summed E-state index contributed by atoms with van der Waals surface area (Å²) in [5, 5.41) is 0. The van der Waals surface area contributed by atoms with Gasteiger partial charge in [-0.3, -0.25) is 0 Å². The van der Waals surface area contributed by atoms with Gasteiger partial charge in [0.25, 0.3) is 0 Å². The van der Waals surface area contributed by atoms with Crippen LogP contribution in [0.1, 0.15) is 22.7 Å². The first-order valence-electron chi connectivity index (χ1n) is 5.96. The molecule has 0 aliphatic heterocycles. The molecule has 2 rings (SSSR count). The zero-order valence-electron chi connectivity index (χ0n) is 10.5. The molecule has 0 saturated carbocycles. The summed E-state index contributed by atoms with van der Waals surface area (Å²) in [4.78, 5) is 0. The van der Waals surface area contributed by atoms with Crippen molar-refractivity contribution in [2.45, 2.75) is 12.2 Å². The van der Waals surface area contributed by atoms with Gasteiger partial charge in [0.2, 0.25) is 0 Å². The lowest BCUT2D eigenvalue weighted by Crippen LogP contribution is -2.07. The van der Waals surface area contributed by atoms with Crippen molar-refractivity contribution in [1.29, 1.82) is 0 Å². The summed E-state index contributed by atoms with van der Waals surface area (Å²) >= 11 is 0. The van der Waals surface area contributed by atoms with Crippen LogP contribution < -0.4 is 5.73 Å². The second-order valence-electron chi connectivity index (χ2n) is 4.23. The lowest BCUT2D eigenvalue weighted by Gasteiger charge is -2.05. The van der Waals surface area contributed by atoms with E-state index in [4.69, 9.17) is 5.73 Å². The molecule has 0 heterocycles. The smallest absolute Gasteiger partial charge is 0.314 e. The van der Waals surface area contributed by atoms with Crippen LogP contribution in [0.5, 0.6) is 0 Å². The summed E-state index contributed by atoms with van der Waals surface area (Å²) in [5.41, 5.74) is 6.58. The fraction of sp³-hybridized carbons (Fsp3) is 0.125. The highest BCUT2D eigenvalue weighted by Gasteiger charge is 2.29. The average molecular weight is 275 g/mol. The molecule has 2 N–H and O–H groups in total. The first kappa shape index (κ1) is 14.2. The van der Waals surface area contributed by atoms with Crippen LogP contribution in [0, 0.1) is 11.8 Å². The monoisotopic (exact) mass is 275 g/mol. The van der Waals surface area contributed by atoms with Gasteiger partial charge in [0.1, 0.15) is 0 Å². The summed E-state index contributed by atoms with van der Waals surface area (Å²) in [6.07, 6.45) is -4.33. The van der Waals surface area contributed by atoms with E-state index in [1.165, 1.54) is 12.1 Å². The van der Waals surface area contributed by atoms with Gasteiger partial charge in [0, 0.05) is 5.56 Å². The highest BCUT2D eigenvalue weighted by Crippen LogP contribution is 2.28. The van der Waals surface area contributed by atoms with Gasteiger partial charge >= 0.3 is 6.18 Å². The fourth-order valence-electron chi connectivity index (χ4n) is 1.65. The van der Waals surface area contributed by atoms with Crippen molar-refractivity contribution < 1.29 is 13.2 Å². The Labute approximate surface area is 115 Å². The maximum Gasteiger partial charge on any atom is 0.416 e. The molecule has 0 fully saturated rings. The van der Waals surface area contributed by atoms with Gasteiger partial charge in [0.15, 0.2) is 0 Å². The van der Waals surface area contributed by atoms with Crippen molar-refractivity contribution in [3.8, 4) is 11.8 Å².